The van der Waals surface area contributed by atoms with Gasteiger partial charge in [0.05, 0.1) is 13.2 Å². The number of carbonyl (C=O) groups is 2. The van der Waals surface area contributed by atoms with Crippen molar-refractivity contribution in [3.05, 3.63) is 35.6 Å². The molecule has 0 bridgehead atoms. The summed E-state index contributed by atoms with van der Waals surface area (Å²) in [5.74, 6) is -0.627. The first-order chi connectivity index (χ1) is 11.6. The summed E-state index contributed by atoms with van der Waals surface area (Å²) in [7, 11) is 1.57. The number of carbonyl (C=O) groups excluding carboxylic acids is 2. The average Bonchev–Trinajstić information content (AvgIpc) is 2.59. The van der Waals surface area contributed by atoms with E-state index in [4.69, 9.17) is 9.47 Å². The van der Waals surface area contributed by atoms with Crippen LogP contribution in [0.4, 0.5) is 4.39 Å². The molecule has 0 aromatic heterocycles. The van der Waals surface area contributed by atoms with Crippen LogP contribution in [0.15, 0.2) is 24.3 Å². The Morgan fingerprint density at radius 1 is 1.21 bits per heavy atom. The summed E-state index contributed by atoms with van der Waals surface area (Å²) in [4.78, 5) is 25.8. The lowest BCUT2D eigenvalue weighted by atomic mass is 10.0. The van der Waals surface area contributed by atoms with Crippen LogP contribution in [0, 0.1) is 5.82 Å². The van der Waals surface area contributed by atoms with Gasteiger partial charge in [-0.3, -0.25) is 9.59 Å². The summed E-state index contributed by atoms with van der Waals surface area (Å²) >= 11 is 0. The molecule has 1 aromatic rings. The predicted molar refractivity (Wildman–Crippen MR) is 86.2 cm³/mol. The van der Waals surface area contributed by atoms with E-state index in [2.05, 4.69) is 5.32 Å². The van der Waals surface area contributed by atoms with Gasteiger partial charge >= 0.3 is 0 Å². The zero-order chi connectivity index (χ0) is 17.4. The van der Waals surface area contributed by atoms with Crippen molar-refractivity contribution in [3.63, 3.8) is 0 Å². The third kappa shape index (κ3) is 5.58. The fourth-order valence-corrected chi connectivity index (χ4v) is 2.58. The summed E-state index contributed by atoms with van der Waals surface area (Å²) in [6, 6.07) is 5.58. The number of nitrogens with zero attached hydrogens (tertiary/aromatic N) is 1. The standard InChI is InChI=1S/C17H23FN2O4/c1-23-10-11-24-12-16(21)19-15-6-8-20(9-7-15)17(22)13-2-4-14(18)5-3-13/h2-5,15H,6-12H2,1H3,(H,19,21). The lowest BCUT2D eigenvalue weighted by Crippen LogP contribution is -2.47. The highest BCUT2D eigenvalue weighted by Crippen LogP contribution is 2.14. The summed E-state index contributed by atoms with van der Waals surface area (Å²) in [5.41, 5.74) is 0.477. The number of benzene rings is 1. The zero-order valence-corrected chi connectivity index (χ0v) is 13.8. The van der Waals surface area contributed by atoms with Gasteiger partial charge in [0.15, 0.2) is 0 Å². The van der Waals surface area contributed by atoms with Crippen LogP contribution in [0.2, 0.25) is 0 Å². The Hall–Kier alpha value is -1.99. The maximum Gasteiger partial charge on any atom is 0.253 e. The molecule has 0 radical (unpaired) electrons. The highest BCUT2D eigenvalue weighted by atomic mass is 19.1. The van der Waals surface area contributed by atoms with Crippen molar-refractivity contribution in [3.8, 4) is 0 Å². The van der Waals surface area contributed by atoms with E-state index in [0.717, 1.165) is 0 Å². The van der Waals surface area contributed by atoms with Crippen LogP contribution in [-0.2, 0) is 14.3 Å². The Bertz CT molecular complexity index is 542. The van der Waals surface area contributed by atoms with Crippen LogP contribution >= 0.6 is 0 Å². The van der Waals surface area contributed by atoms with Crippen molar-refractivity contribution in [1.29, 1.82) is 0 Å². The molecule has 0 saturated carbocycles. The third-order valence-electron chi connectivity index (χ3n) is 3.90. The SMILES string of the molecule is COCCOCC(=O)NC1CCN(C(=O)c2ccc(F)cc2)CC1. The fourth-order valence-electron chi connectivity index (χ4n) is 2.58. The molecule has 6 nitrogen and oxygen atoms in total. The number of piperidine rings is 1. The molecule has 0 unspecified atom stereocenters. The first-order valence-corrected chi connectivity index (χ1v) is 8.01. The van der Waals surface area contributed by atoms with Gasteiger partial charge in [-0.1, -0.05) is 0 Å². The number of rotatable bonds is 7. The van der Waals surface area contributed by atoms with Gasteiger partial charge in [-0.25, -0.2) is 4.39 Å². The van der Waals surface area contributed by atoms with Gasteiger partial charge in [0.1, 0.15) is 12.4 Å². The highest BCUT2D eigenvalue weighted by molar-refractivity contribution is 5.94. The summed E-state index contributed by atoms with van der Waals surface area (Å²) < 4.78 is 22.9. The minimum atomic E-state index is -0.360. The van der Waals surface area contributed by atoms with E-state index >= 15 is 0 Å². The molecule has 1 saturated heterocycles. The van der Waals surface area contributed by atoms with Crippen LogP contribution < -0.4 is 5.32 Å². The highest BCUT2D eigenvalue weighted by Gasteiger charge is 2.24. The van der Waals surface area contributed by atoms with Crippen LogP contribution in [0.5, 0.6) is 0 Å². The molecule has 0 atom stereocenters. The average molecular weight is 338 g/mol. The summed E-state index contributed by atoms with van der Waals surface area (Å²) in [6.07, 6.45) is 1.38. The Labute approximate surface area is 140 Å². The van der Waals surface area contributed by atoms with E-state index < -0.39 is 0 Å². The summed E-state index contributed by atoms with van der Waals surface area (Å²) in [5, 5.41) is 2.91. The van der Waals surface area contributed by atoms with E-state index in [1.165, 1.54) is 24.3 Å². The van der Waals surface area contributed by atoms with Crippen molar-refractivity contribution < 1.29 is 23.5 Å². The summed E-state index contributed by atoms with van der Waals surface area (Å²) in [6.45, 7) is 1.97. The van der Waals surface area contributed by atoms with Gasteiger partial charge in [0.25, 0.3) is 5.91 Å². The Kier molecular flexibility index (Phi) is 7.14. The molecular weight excluding hydrogens is 315 g/mol. The predicted octanol–water partition coefficient (Wildman–Crippen LogP) is 1.21. The second-order valence-corrected chi connectivity index (χ2v) is 5.69. The topological polar surface area (TPSA) is 67.9 Å². The lowest BCUT2D eigenvalue weighted by molar-refractivity contribution is -0.127. The minimum Gasteiger partial charge on any atom is -0.382 e. The maximum atomic E-state index is 12.9. The van der Waals surface area contributed by atoms with E-state index in [9.17, 15) is 14.0 Å². The van der Waals surface area contributed by atoms with E-state index in [0.29, 0.717) is 44.7 Å². The molecule has 0 aliphatic carbocycles. The Morgan fingerprint density at radius 3 is 2.50 bits per heavy atom. The number of nitrogens with one attached hydrogen (secondary N) is 1. The largest absolute Gasteiger partial charge is 0.382 e. The van der Waals surface area contributed by atoms with Gasteiger partial charge in [0.2, 0.25) is 5.91 Å². The molecule has 2 amide bonds. The number of ether oxygens (including phenoxy) is 2. The van der Waals surface area contributed by atoms with Crippen LogP contribution in [0.1, 0.15) is 23.2 Å². The lowest BCUT2D eigenvalue weighted by Gasteiger charge is -2.32. The number of halogens is 1. The smallest absolute Gasteiger partial charge is 0.253 e. The van der Waals surface area contributed by atoms with Crippen molar-refractivity contribution in [2.75, 3.05) is 40.0 Å². The third-order valence-corrected chi connectivity index (χ3v) is 3.90. The van der Waals surface area contributed by atoms with Crippen molar-refractivity contribution in [1.82, 2.24) is 10.2 Å². The van der Waals surface area contributed by atoms with Crippen LogP contribution in [0.3, 0.4) is 0 Å². The number of hydrogen-bond acceptors (Lipinski definition) is 4. The van der Waals surface area contributed by atoms with Gasteiger partial charge in [-0.2, -0.15) is 0 Å². The molecular formula is C17H23FN2O4. The van der Waals surface area contributed by atoms with Gasteiger partial charge in [-0.15, -0.1) is 0 Å². The zero-order valence-electron chi connectivity index (χ0n) is 13.8. The van der Waals surface area contributed by atoms with Crippen LogP contribution in [0.25, 0.3) is 0 Å². The molecule has 24 heavy (non-hydrogen) atoms. The van der Waals surface area contributed by atoms with Gasteiger partial charge < -0.3 is 19.7 Å². The van der Waals surface area contributed by atoms with Gasteiger partial charge in [0, 0.05) is 31.8 Å². The van der Waals surface area contributed by atoms with Crippen LogP contribution in [-0.4, -0.2) is 62.8 Å². The molecule has 1 fully saturated rings. The normalized spacial score (nSPS) is 15.3. The Balaban J connectivity index is 1.72. The molecule has 1 N–H and O–H groups in total. The number of methoxy groups -OCH3 is 1. The maximum absolute atomic E-state index is 12.9. The second kappa shape index (κ2) is 9.34. The molecule has 1 aromatic carbocycles. The molecule has 1 aliphatic heterocycles. The van der Waals surface area contributed by atoms with Crippen molar-refractivity contribution in [2.45, 2.75) is 18.9 Å². The number of amides is 2. The first-order valence-electron chi connectivity index (χ1n) is 8.01. The molecule has 7 heteroatoms. The fraction of sp³-hybridized carbons (Fsp3) is 0.529. The van der Waals surface area contributed by atoms with Crippen molar-refractivity contribution in [2.24, 2.45) is 0 Å². The van der Waals surface area contributed by atoms with E-state index in [-0.39, 0.29) is 30.3 Å². The monoisotopic (exact) mass is 338 g/mol. The second-order valence-electron chi connectivity index (χ2n) is 5.69. The first kappa shape index (κ1) is 18.4. The molecule has 132 valence electrons. The number of hydrogen-bond donors (Lipinski definition) is 1. The van der Waals surface area contributed by atoms with Gasteiger partial charge in [-0.05, 0) is 37.1 Å². The van der Waals surface area contributed by atoms with E-state index in [1.807, 2.05) is 0 Å². The molecule has 1 heterocycles. The number of likely N-dealkylation sites (tertiary alicyclic amines) is 1. The van der Waals surface area contributed by atoms with Crippen molar-refractivity contribution >= 4 is 11.8 Å². The van der Waals surface area contributed by atoms with E-state index in [1.54, 1.807) is 12.0 Å². The quantitative estimate of drug-likeness (QED) is 0.759. The molecule has 0 spiro atoms. The molecule has 1 aliphatic rings. The minimum absolute atomic E-state index is 0.0120. The molecule has 2 rings (SSSR count). The Morgan fingerprint density at radius 2 is 1.88 bits per heavy atom.